The second-order valence-electron chi connectivity index (χ2n) is 2.75. The number of rotatable bonds is 4. The number of carbonyl (C=O) groups is 3. The van der Waals surface area contributed by atoms with E-state index in [1.54, 1.807) is 18.2 Å². The van der Waals surface area contributed by atoms with Crippen LogP contribution in [0.15, 0.2) is 30.3 Å². The van der Waals surface area contributed by atoms with E-state index in [-0.39, 0.29) is 5.56 Å². The first kappa shape index (κ1) is 11.0. The SMILES string of the molecule is O=C(CC(=O)c1ccccc1)C(=O)OF. The molecule has 0 atom stereocenters. The van der Waals surface area contributed by atoms with E-state index in [4.69, 9.17) is 0 Å². The van der Waals surface area contributed by atoms with Gasteiger partial charge in [0.05, 0.1) is 6.42 Å². The molecule has 0 aromatic heterocycles. The van der Waals surface area contributed by atoms with Crippen molar-refractivity contribution in [2.75, 3.05) is 0 Å². The van der Waals surface area contributed by atoms with Gasteiger partial charge in [-0.2, -0.15) is 0 Å². The van der Waals surface area contributed by atoms with Crippen LogP contribution in [-0.2, 0) is 14.5 Å². The molecule has 78 valence electrons. The molecule has 0 aliphatic heterocycles. The largest absolute Gasteiger partial charge is 0.415 e. The third-order valence-corrected chi connectivity index (χ3v) is 1.71. The lowest BCUT2D eigenvalue weighted by Crippen LogP contribution is -2.18. The molecule has 0 aliphatic carbocycles. The van der Waals surface area contributed by atoms with E-state index in [1.807, 2.05) is 0 Å². The molecule has 0 amide bonds. The molecule has 0 aliphatic rings. The minimum atomic E-state index is -1.65. The zero-order valence-corrected chi connectivity index (χ0v) is 7.60. The molecule has 0 N–H and O–H groups in total. The maximum absolute atomic E-state index is 11.3. The topological polar surface area (TPSA) is 60.4 Å². The van der Waals surface area contributed by atoms with Crippen LogP contribution in [0.3, 0.4) is 0 Å². The molecule has 1 aromatic carbocycles. The van der Waals surface area contributed by atoms with Crippen molar-refractivity contribution in [1.82, 2.24) is 0 Å². The van der Waals surface area contributed by atoms with Gasteiger partial charge in [0.1, 0.15) is 0 Å². The van der Waals surface area contributed by atoms with E-state index in [0.717, 1.165) is 0 Å². The zero-order valence-electron chi connectivity index (χ0n) is 7.60. The molecule has 4 nitrogen and oxygen atoms in total. The molecule has 0 unspecified atom stereocenters. The first-order valence-corrected chi connectivity index (χ1v) is 4.09. The van der Waals surface area contributed by atoms with Crippen LogP contribution in [0.25, 0.3) is 0 Å². The Kier molecular flexibility index (Phi) is 3.68. The van der Waals surface area contributed by atoms with Crippen molar-refractivity contribution in [3.63, 3.8) is 0 Å². The molecule has 1 aromatic rings. The van der Waals surface area contributed by atoms with Crippen molar-refractivity contribution < 1.29 is 23.9 Å². The van der Waals surface area contributed by atoms with Crippen molar-refractivity contribution >= 4 is 17.5 Å². The Morgan fingerprint density at radius 2 is 1.73 bits per heavy atom. The number of ketones is 2. The lowest BCUT2D eigenvalue weighted by Gasteiger charge is -1.97. The molecule has 1 rings (SSSR count). The van der Waals surface area contributed by atoms with Gasteiger partial charge in [0.2, 0.25) is 0 Å². The normalized spacial score (nSPS) is 9.40. The predicted molar refractivity (Wildman–Crippen MR) is 47.6 cm³/mol. The Bertz CT molecular complexity index is 386. The lowest BCUT2D eigenvalue weighted by atomic mass is 10.1. The molecule has 0 fully saturated rings. The number of benzene rings is 1. The predicted octanol–water partition coefficient (Wildman–Crippen LogP) is 1.26. The van der Waals surface area contributed by atoms with Gasteiger partial charge in [-0.15, -0.1) is 0 Å². The summed E-state index contributed by atoms with van der Waals surface area (Å²) in [5, 5.41) is 0. The van der Waals surface area contributed by atoms with Crippen molar-refractivity contribution in [3.8, 4) is 0 Å². The highest BCUT2D eigenvalue weighted by molar-refractivity contribution is 6.37. The number of carbonyl (C=O) groups excluding carboxylic acids is 3. The minimum absolute atomic E-state index is 0.289. The van der Waals surface area contributed by atoms with Crippen LogP contribution in [0.2, 0.25) is 0 Å². The maximum atomic E-state index is 11.3. The summed E-state index contributed by atoms with van der Waals surface area (Å²) < 4.78 is 11.3. The standard InChI is InChI=1S/C10H7FO4/c11-15-10(14)9(13)6-8(12)7-4-2-1-3-5-7/h1-5H,6H2. The van der Waals surface area contributed by atoms with E-state index < -0.39 is 24.0 Å². The number of hydrogen-bond donors (Lipinski definition) is 0. The summed E-state index contributed by atoms with van der Waals surface area (Å²) in [6.45, 7) is 0. The molecule has 0 saturated carbocycles. The van der Waals surface area contributed by atoms with E-state index in [2.05, 4.69) is 4.94 Å². The fourth-order valence-corrected chi connectivity index (χ4v) is 0.987. The average molecular weight is 210 g/mol. The van der Waals surface area contributed by atoms with Crippen molar-refractivity contribution in [1.29, 1.82) is 0 Å². The van der Waals surface area contributed by atoms with E-state index >= 15 is 0 Å². The fourth-order valence-electron chi connectivity index (χ4n) is 0.987. The van der Waals surface area contributed by atoms with Gasteiger partial charge in [-0.3, -0.25) is 9.59 Å². The Morgan fingerprint density at radius 1 is 1.13 bits per heavy atom. The highest BCUT2D eigenvalue weighted by Gasteiger charge is 2.20. The van der Waals surface area contributed by atoms with E-state index in [1.165, 1.54) is 12.1 Å². The Balaban J connectivity index is 2.65. The number of hydrogen-bond acceptors (Lipinski definition) is 4. The van der Waals surface area contributed by atoms with Crippen molar-refractivity contribution in [3.05, 3.63) is 35.9 Å². The summed E-state index contributed by atoms with van der Waals surface area (Å²) in [7, 11) is 0. The smallest absolute Gasteiger partial charge is 0.294 e. The van der Waals surface area contributed by atoms with Crippen LogP contribution < -0.4 is 0 Å². The van der Waals surface area contributed by atoms with Crippen molar-refractivity contribution in [2.24, 2.45) is 0 Å². The Morgan fingerprint density at radius 3 is 2.27 bits per heavy atom. The van der Waals surface area contributed by atoms with Crippen LogP contribution >= 0.6 is 0 Å². The first-order valence-electron chi connectivity index (χ1n) is 4.09. The second kappa shape index (κ2) is 4.99. The van der Waals surface area contributed by atoms with Crippen molar-refractivity contribution in [2.45, 2.75) is 6.42 Å². The summed E-state index contributed by atoms with van der Waals surface area (Å²) in [4.78, 5) is 35.2. The Labute approximate surface area is 84.6 Å². The van der Waals surface area contributed by atoms with E-state index in [0.29, 0.717) is 0 Å². The van der Waals surface area contributed by atoms with Gasteiger partial charge in [0, 0.05) is 10.1 Å². The second-order valence-corrected chi connectivity index (χ2v) is 2.75. The van der Waals surface area contributed by atoms with E-state index in [9.17, 15) is 18.9 Å². The molecule has 5 heteroatoms. The fraction of sp³-hybridized carbons (Fsp3) is 0.100. The highest BCUT2D eigenvalue weighted by Crippen LogP contribution is 2.03. The molecule has 15 heavy (non-hydrogen) atoms. The van der Waals surface area contributed by atoms with Gasteiger partial charge in [-0.25, -0.2) is 9.74 Å². The summed E-state index contributed by atoms with van der Waals surface area (Å²) in [5.41, 5.74) is 0.289. The summed E-state index contributed by atoms with van der Waals surface area (Å²) in [6.07, 6.45) is -0.688. The van der Waals surface area contributed by atoms with Gasteiger partial charge < -0.3 is 0 Å². The first-order chi connectivity index (χ1) is 7.15. The maximum Gasteiger partial charge on any atom is 0.415 e. The highest BCUT2D eigenvalue weighted by atomic mass is 19.3. The molecule has 0 heterocycles. The summed E-state index contributed by atoms with van der Waals surface area (Å²) >= 11 is 0. The minimum Gasteiger partial charge on any atom is -0.294 e. The molecule has 0 spiro atoms. The molecule has 0 saturated heterocycles. The quantitative estimate of drug-likeness (QED) is 0.426. The summed E-state index contributed by atoms with van der Waals surface area (Å²) in [6, 6.07) is 7.93. The van der Waals surface area contributed by atoms with Gasteiger partial charge >= 0.3 is 5.97 Å². The van der Waals surface area contributed by atoms with Gasteiger partial charge in [-0.05, 0) is 0 Å². The van der Waals surface area contributed by atoms with Crippen LogP contribution in [0.1, 0.15) is 16.8 Å². The van der Waals surface area contributed by atoms with Gasteiger partial charge in [0.15, 0.2) is 5.78 Å². The Hall–Kier alpha value is -2.04. The zero-order chi connectivity index (χ0) is 11.3. The average Bonchev–Trinajstić information content (AvgIpc) is 2.29. The van der Waals surface area contributed by atoms with Crippen LogP contribution in [0.5, 0.6) is 0 Å². The molecule has 0 bridgehead atoms. The summed E-state index contributed by atoms with van der Waals surface area (Å²) in [5.74, 6) is -3.41. The number of halogens is 1. The third kappa shape index (κ3) is 2.98. The van der Waals surface area contributed by atoms with Crippen LogP contribution in [0, 0.1) is 0 Å². The molecule has 0 radical (unpaired) electrons. The third-order valence-electron chi connectivity index (χ3n) is 1.71. The lowest BCUT2D eigenvalue weighted by molar-refractivity contribution is -0.185. The molecular formula is C10H7FO4. The van der Waals surface area contributed by atoms with Gasteiger partial charge in [0.25, 0.3) is 5.78 Å². The monoisotopic (exact) mass is 210 g/mol. The number of Topliss-reactive ketones (excluding diaryl/α,β-unsaturated/α-hetero) is 2. The van der Waals surface area contributed by atoms with Gasteiger partial charge in [-0.1, -0.05) is 30.3 Å². The van der Waals surface area contributed by atoms with Crippen LogP contribution in [0.4, 0.5) is 4.53 Å². The molecular weight excluding hydrogens is 203 g/mol. The van der Waals surface area contributed by atoms with Crippen LogP contribution in [-0.4, -0.2) is 17.5 Å².